The molecule has 0 bridgehead atoms. The van der Waals surface area contributed by atoms with Crippen LogP contribution < -0.4 is 0 Å². The summed E-state index contributed by atoms with van der Waals surface area (Å²) >= 11 is 7.32. The average Bonchev–Trinajstić information content (AvgIpc) is 3.33. The number of rotatable bonds is 4. The number of aromatic nitrogens is 2. The van der Waals surface area contributed by atoms with Gasteiger partial charge in [0, 0.05) is 38.6 Å². The first-order valence-electron chi connectivity index (χ1n) is 8.20. The van der Waals surface area contributed by atoms with Crippen LogP contribution in [0.1, 0.15) is 16.1 Å². The van der Waals surface area contributed by atoms with Gasteiger partial charge in [0.1, 0.15) is 22.5 Å². The number of Topliss-reactive ketones (excluding diaryl/α,β-unsaturated/α-hetero) is 1. The second-order valence-corrected chi connectivity index (χ2v) is 7.27. The second kappa shape index (κ2) is 7.39. The van der Waals surface area contributed by atoms with Crippen molar-refractivity contribution in [1.82, 2.24) is 9.97 Å². The molecule has 136 valence electrons. The number of aromatic amines is 1. The smallest absolute Gasteiger partial charge is 0.205 e. The van der Waals surface area contributed by atoms with Crippen LogP contribution in [-0.2, 0) is 0 Å². The summed E-state index contributed by atoms with van der Waals surface area (Å²) in [4.78, 5) is 20.3. The maximum Gasteiger partial charge on any atom is 0.205 e. The van der Waals surface area contributed by atoms with Gasteiger partial charge in [0.25, 0.3) is 0 Å². The summed E-state index contributed by atoms with van der Waals surface area (Å²) in [5, 5.41) is 13.2. The molecule has 0 saturated heterocycles. The second-order valence-electron chi connectivity index (χ2n) is 5.98. The number of nitriles is 1. The summed E-state index contributed by atoms with van der Waals surface area (Å²) in [6.45, 7) is 0. The van der Waals surface area contributed by atoms with E-state index in [-0.39, 0.29) is 11.4 Å². The fraction of sp³-hybridized carbons (Fsp3) is 0. The van der Waals surface area contributed by atoms with Crippen molar-refractivity contribution in [3.05, 3.63) is 81.7 Å². The monoisotopic (exact) mass is 407 g/mol. The van der Waals surface area contributed by atoms with Gasteiger partial charge in [-0.1, -0.05) is 17.7 Å². The molecule has 2 aromatic heterocycles. The van der Waals surface area contributed by atoms with Gasteiger partial charge in [-0.25, -0.2) is 9.37 Å². The molecule has 1 N–H and O–H groups in total. The topological polar surface area (TPSA) is 69.5 Å². The highest BCUT2D eigenvalue weighted by atomic mass is 35.5. The Labute approximate surface area is 168 Å². The van der Waals surface area contributed by atoms with Crippen LogP contribution in [0.3, 0.4) is 0 Å². The highest BCUT2D eigenvalue weighted by Gasteiger charge is 2.17. The van der Waals surface area contributed by atoms with Crippen molar-refractivity contribution >= 4 is 45.7 Å². The predicted octanol–water partition coefficient (Wildman–Crippen LogP) is 5.87. The molecule has 0 radical (unpaired) electrons. The number of carbonyl (C=O) groups is 1. The lowest BCUT2D eigenvalue weighted by Gasteiger charge is -1.98. The normalized spacial score (nSPS) is 11.5. The number of H-pyrrole nitrogens is 1. The Morgan fingerprint density at radius 3 is 2.79 bits per heavy atom. The number of halogens is 2. The molecule has 0 spiro atoms. The summed E-state index contributed by atoms with van der Waals surface area (Å²) in [5.41, 5.74) is 2.36. The van der Waals surface area contributed by atoms with Crippen molar-refractivity contribution in [1.29, 1.82) is 5.26 Å². The minimum Gasteiger partial charge on any atom is -0.360 e. The van der Waals surface area contributed by atoms with Gasteiger partial charge in [0.15, 0.2) is 0 Å². The molecule has 0 unspecified atom stereocenters. The van der Waals surface area contributed by atoms with E-state index in [9.17, 15) is 14.4 Å². The maximum atomic E-state index is 13.1. The number of benzene rings is 2. The van der Waals surface area contributed by atoms with Crippen molar-refractivity contribution in [2.75, 3.05) is 0 Å². The van der Waals surface area contributed by atoms with Crippen LogP contribution in [0.4, 0.5) is 4.39 Å². The minimum atomic E-state index is -0.396. The number of nitrogens with one attached hydrogen (secondary N) is 1. The van der Waals surface area contributed by atoms with E-state index < -0.39 is 5.78 Å². The van der Waals surface area contributed by atoms with Crippen molar-refractivity contribution in [2.24, 2.45) is 0 Å². The molecule has 0 aliphatic rings. The van der Waals surface area contributed by atoms with E-state index >= 15 is 0 Å². The van der Waals surface area contributed by atoms with Gasteiger partial charge >= 0.3 is 0 Å². The number of carbonyl (C=O) groups excluding carboxylic acids is 1. The largest absolute Gasteiger partial charge is 0.360 e. The van der Waals surface area contributed by atoms with Crippen LogP contribution in [0, 0.1) is 17.1 Å². The molecular formula is C21H11ClFN3OS. The molecule has 2 heterocycles. The number of allylic oxidation sites excluding steroid dienone is 1. The van der Waals surface area contributed by atoms with Gasteiger partial charge in [-0.3, -0.25) is 4.79 Å². The Hall–Kier alpha value is -3.27. The van der Waals surface area contributed by atoms with Crippen LogP contribution in [0.15, 0.2) is 59.6 Å². The Bertz CT molecular complexity index is 1270. The number of hydrogen-bond donors (Lipinski definition) is 1. The summed E-state index contributed by atoms with van der Waals surface area (Å²) < 4.78 is 13.1. The van der Waals surface area contributed by atoms with E-state index in [0.29, 0.717) is 26.7 Å². The van der Waals surface area contributed by atoms with Crippen molar-refractivity contribution < 1.29 is 9.18 Å². The third kappa shape index (κ3) is 3.46. The van der Waals surface area contributed by atoms with E-state index in [0.717, 1.165) is 11.1 Å². The summed E-state index contributed by atoms with van der Waals surface area (Å²) in [5.74, 6) is -0.717. The zero-order chi connectivity index (χ0) is 19.7. The Morgan fingerprint density at radius 1 is 1.25 bits per heavy atom. The molecule has 0 fully saturated rings. The van der Waals surface area contributed by atoms with E-state index in [4.69, 9.17) is 11.6 Å². The van der Waals surface area contributed by atoms with Crippen molar-refractivity contribution in [3.63, 3.8) is 0 Å². The lowest BCUT2D eigenvalue weighted by atomic mass is 10.0. The number of fused-ring (bicyclic) bond motifs is 1. The molecule has 0 aliphatic carbocycles. The lowest BCUT2D eigenvalue weighted by molar-refractivity contribution is 0.104. The number of ketones is 1. The van der Waals surface area contributed by atoms with E-state index in [1.54, 1.807) is 41.9 Å². The first kappa shape index (κ1) is 18.1. The first-order valence-corrected chi connectivity index (χ1v) is 9.45. The SMILES string of the molecule is N#C/C(=C/c1csc(-c2ccc(F)cc2)n1)C(=O)c1c[nH]c2cc(Cl)ccc12. The fourth-order valence-electron chi connectivity index (χ4n) is 2.81. The quantitative estimate of drug-likeness (QED) is 0.261. The number of hydrogen-bond acceptors (Lipinski definition) is 4. The molecule has 7 heteroatoms. The maximum absolute atomic E-state index is 13.1. The zero-order valence-electron chi connectivity index (χ0n) is 14.2. The van der Waals surface area contributed by atoms with Crippen LogP contribution in [0.25, 0.3) is 27.6 Å². The van der Waals surface area contributed by atoms with E-state index in [1.807, 2.05) is 6.07 Å². The summed E-state index contributed by atoms with van der Waals surface area (Å²) in [7, 11) is 0. The molecule has 4 aromatic rings. The molecule has 2 aromatic carbocycles. The third-order valence-corrected chi connectivity index (χ3v) is 5.30. The fourth-order valence-corrected chi connectivity index (χ4v) is 3.76. The average molecular weight is 408 g/mol. The van der Waals surface area contributed by atoms with Crippen LogP contribution in [0.2, 0.25) is 5.02 Å². The van der Waals surface area contributed by atoms with Gasteiger partial charge in [-0.2, -0.15) is 5.26 Å². The Balaban J connectivity index is 1.67. The highest BCUT2D eigenvalue weighted by Crippen LogP contribution is 2.27. The molecular weight excluding hydrogens is 397 g/mol. The highest BCUT2D eigenvalue weighted by molar-refractivity contribution is 7.13. The molecule has 0 saturated carbocycles. The van der Waals surface area contributed by atoms with Crippen LogP contribution >= 0.6 is 22.9 Å². The summed E-state index contributed by atoms with van der Waals surface area (Å²) in [6, 6.07) is 13.1. The molecule has 0 amide bonds. The van der Waals surface area contributed by atoms with Gasteiger partial charge in [-0.15, -0.1) is 11.3 Å². The number of thiazole rings is 1. The molecule has 4 rings (SSSR count). The molecule has 28 heavy (non-hydrogen) atoms. The molecule has 4 nitrogen and oxygen atoms in total. The van der Waals surface area contributed by atoms with Gasteiger partial charge < -0.3 is 4.98 Å². The number of nitrogens with zero attached hydrogens (tertiary/aromatic N) is 2. The van der Waals surface area contributed by atoms with Crippen molar-refractivity contribution in [3.8, 4) is 16.6 Å². The Kier molecular flexibility index (Phi) is 4.78. The van der Waals surface area contributed by atoms with E-state index in [2.05, 4.69) is 9.97 Å². The van der Waals surface area contributed by atoms with Gasteiger partial charge in [0.05, 0.1) is 5.69 Å². The Morgan fingerprint density at radius 2 is 2.04 bits per heavy atom. The van der Waals surface area contributed by atoms with E-state index in [1.165, 1.54) is 29.5 Å². The minimum absolute atomic E-state index is 0.0215. The standard InChI is InChI=1S/C21H11ClFN3OS/c22-14-3-6-17-18(10-25-19(17)8-14)20(27)13(9-24)7-16-11-28-21(26-16)12-1-4-15(23)5-2-12/h1-8,10-11,25H/b13-7-. The third-order valence-electron chi connectivity index (χ3n) is 4.16. The first-order chi connectivity index (χ1) is 13.5. The predicted molar refractivity (Wildman–Crippen MR) is 109 cm³/mol. The van der Waals surface area contributed by atoms with Crippen LogP contribution in [-0.4, -0.2) is 15.8 Å². The van der Waals surface area contributed by atoms with Crippen LogP contribution in [0.5, 0.6) is 0 Å². The molecule has 0 aliphatic heterocycles. The lowest BCUT2D eigenvalue weighted by Crippen LogP contribution is -2.01. The van der Waals surface area contributed by atoms with Gasteiger partial charge in [0.2, 0.25) is 5.78 Å². The molecule has 0 atom stereocenters. The summed E-state index contributed by atoms with van der Waals surface area (Å²) in [6.07, 6.45) is 3.03. The van der Waals surface area contributed by atoms with Crippen molar-refractivity contribution in [2.45, 2.75) is 0 Å². The zero-order valence-corrected chi connectivity index (χ0v) is 15.8. The van der Waals surface area contributed by atoms with Gasteiger partial charge in [-0.05, 0) is 42.5 Å².